The molecule has 0 amide bonds. The van der Waals surface area contributed by atoms with Gasteiger partial charge in [-0.2, -0.15) is 11.8 Å². The fourth-order valence-corrected chi connectivity index (χ4v) is 2.20. The lowest BCUT2D eigenvalue weighted by atomic mass is 9.96. The van der Waals surface area contributed by atoms with E-state index in [1.807, 2.05) is 13.2 Å². The van der Waals surface area contributed by atoms with Crippen LogP contribution in [-0.2, 0) is 0 Å². The molecule has 0 aliphatic carbocycles. The fraction of sp³-hybridized carbons (Fsp3) is 1.00. The molecule has 0 aromatic heterocycles. The zero-order valence-electron chi connectivity index (χ0n) is 10.4. The minimum atomic E-state index is -0.616. The molecule has 0 saturated carbocycles. The molecule has 2 atom stereocenters. The van der Waals surface area contributed by atoms with Gasteiger partial charge in [0.1, 0.15) is 0 Å². The molecule has 0 aliphatic heterocycles. The molecule has 0 bridgehead atoms. The van der Waals surface area contributed by atoms with Gasteiger partial charge >= 0.3 is 0 Å². The summed E-state index contributed by atoms with van der Waals surface area (Å²) in [7, 11) is 0. The Hall–Kier alpha value is 0.230. The van der Waals surface area contributed by atoms with Crippen molar-refractivity contribution >= 4 is 11.8 Å². The zero-order chi connectivity index (χ0) is 11.9. The number of thioether (sulfide) groups is 1. The first-order valence-electron chi connectivity index (χ1n) is 5.55. The highest BCUT2D eigenvalue weighted by molar-refractivity contribution is 7.98. The van der Waals surface area contributed by atoms with E-state index in [2.05, 4.69) is 19.2 Å². The third-order valence-electron chi connectivity index (χ3n) is 2.61. The van der Waals surface area contributed by atoms with Crippen molar-refractivity contribution in [1.29, 1.82) is 0 Å². The summed E-state index contributed by atoms with van der Waals surface area (Å²) in [6, 6.07) is 0. The molecule has 0 saturated heterocycles. The number of nitrogens with two attached hydrogens (primary N) is 1. The predicted molar refractivity (Wildman–Crippen MR) is 69.3 cm³/mol. The monoisotopic (exact) mass is 234 g/mol. The van der Waals surface area contributed by atoms with Gasteiger partial charge in [-0.25, -0.2) is 0 Å². The SMILES string of the molecule is CSCC(C)(O)CNCC(CN)C(C)C. The van der Waals surface area contributed by atoms with Gasteiger partial charge in [0.25, 0.3) is 0 Å². The van der Waals surface area contributed by atoms with Crippen LogP contribution in [0.3, 0.4) is 0 Å². The van der Waals surface area contributed by atoms with Gasteiger partial charge < -0.3 is 16.2 Å². The molecule has 0 fully saturated rings. The first kappa shape index (κ1) is 15.2. The first-order chi connectivity index (χ1) is 6.93. The van der Waals surface area contributed by atoms with E-state index in [9.17, 15) is 5.11 Å². The molecular weight excluding hydrogens is 208 g/mol. The van der Waals surface area contributed by atoms with E-state index in [0.717, 1.165) is 12.3 Å². The van der Waals surface area contributed by atoms with Crippen LogP contribution in [0.15, 0.2) is 0 Å². The molecule has 92 valence electrons. The minimum absolute atomic E-state index is 0.495. The molecule has 4 N–H and O–H groups in total. The van der Waals surface area contributed by atoms with Crippen LogP contribution in [0.5, 0.6) is 0 Å². The lowest BCUT2D eigenvalue weighted by molar-refractivity contribution is 0.0831. The summed E-state index contributed by atoms with van der Waals surface area (Å²) in [4.78, 5) is 0. The molecule has 0 aliphatic rings. The second-order valence-electron chi connectivity index (χ2n) is 4.80. The molecule has 0 aromatic rings. The second-order valence-corrected chi connectivity index (χ2v) is 5.67. The van der Waals surface area contributed by atoms with Crippen molar-refractivity contribution in [3.05, 3.63) is 0 Å². The number of hydrogen-bond acceptors (Lipinski definition) is 4. The topological polar surface area (TPSA) is 58.3 Å². The maximum absolute atomic E-state index is 9.92. The standard InChI is InChI=1S/C11H26N2OS/c1-9(2)10(5-12)6-13-7-11(3,14)8-15-4/h9-10,13-14H,5-8,12H2,1-4H3. The lowest BCUT2D eigenvalue weighted by Gasteiger charge is -2.25. The smallest absolute Gasteiger partial charge is 0.0833 e. The van der Waals surface area contributed by atoms with Crippen molar-refractivity contribution in [2.24, 2.45) is 17.6 Å². The number of aliphatic hydroxyl groups is 1. The summed E-state index contributed by atoms with van der Waals surface area (Å²) < 4.78 is 0. The van der Waals surface area contributed by atoms with E-state index in [0.29, 0.717) is 24.9 Å². The molecule has 4 heteroatoms. The van der Waals surface area contributed by atoms with E-state index >= 15 is 0 Å². The average molecular weight is 234 g/mol. The molecular formula is C11H26N2OS. The fourth-order valence-electron chi connectivity index (χ4n) is 1.48. The third kappa shape index (κ3) is 7.17. The van der Waals surface area contributed by atoms with Gasteiger partial charge in [-0.1, -0.05) is 13.8 Å². The maximum atomic E-state index is 9.92. The highest BCUT2D eigenvalue weighted by atomic mass is 32.2. The van der Waals surface area contributed by atoms with Gasteiger partial charge in [0.2, 0.25) is 0 Å². The van der Waals surface area contributed by atoms with Crippen LogP contribution in [-0.4, -0.2) is 42.4 Å². The Labute approximate surface area is 98.2 Å². The Kier molecular flexibility index (Phi) is 7.61. The molecule has 3 nitrogen and oxygen atoms in total. The Morgan fingerprint density at radius 1 is 1.47 bits per heavy atom. The van der Waals surface area contributed by atoms with Crippen LogP contribution in [0.25, 0.3) is 0 Å². The van der Waals surface area contributed by atoms with Gasteiger partial charge in [0, 0.05) is 12.3 Å². The van der Waals surface area contributed by atoms with Crippen LogP contribution in [0.1, 0.15) is 20.8 Å². The van der Waals surface area contributed by atoms with Gasteiger partial charge in [-0.05, 0) is 38.1 Å². The van der Waals surface area contributed by atoms with E-state index in [1.54, 1.807) is 11.8 Å². The van der Waals surface area contributed by atoms with Crippen molar-refractivity contribution in [3.63, 3.8) is 0 Å². The van der Waals surface area contributed by atoms with Crippen molar-refractivity contribution in [2.45, 2.75) is 26.4 Å². The Morgan fingerprint density at radius 2 is 2.07 bits per heavy atom. The van der Waals surface area contributed by atoms with Crippen LogP contribution >= 0.6 is 11.8 Å². The van der Waals surface area contributed by atoms with E-state index in [4.69, 9.17) is 5.73 Å². The number of rotatable bonds is 8. The van der Waals surface area contributed by atoms with E-state index < -0.39 is 5.60 Å². The van der Waals surface area contributed by atoms with Crippen molar-refractivity contribution in [2.75, 3.05) is 31.6 Å². The number of hydrogen-bond donors (Lipinski definition) is 3. The summed E-state index contributed by atoms with van der Waals surface area (Å²) in [5, 5.41) is 13.2. The summed E-state index contributed by atoms with van der Waals surface area (Å²) >= 11 is 1.66. The summed E-state index contributed by atoms with van der Waals surface area (Å²) in [5.41, 5.74) is 5.06. The molecule has 0 heterocycles. The van der Waals surface area contributed by atoms with Gasteiger partial charge in [0.05, 0.1) is 5.60 Å². The van der Waals surface area contributed by atoms with Crippen molar-refractivity contribution in [1.82, 2.24) is 5.32 Å². The largest absolute Gasteiger partial charge is 0.388 e. The second kappa shape index (κ2) is 7.49. The first-order valence-corrected chi connectivity index (χ1v) is 6.94. The Bertz CT molecular complexity index is 163. The predicted octanol–water partition coefficient (Wildman–Crippen LogP) is 0.921. The quantitative estimate of drug-likeness (QED) is 0.584. The van der Waals surface area contributed by atoms with Gasteiger partial charge in [0.15, 0.2) is 0 Å². The average Bonchev–Trinajstić information content (AvgIpc) is 2.11. The summed E-state index contributed by atoms with van der Waals surface area (Å²) in [5.74, 6) is 1.85. The van der Waals surface area contributed by atoms with E-state index in [-0.39, 0.29) is 0 Å². The normalized spacial score (nSPS) is 17.8. The van der Waals surface area contributed by atoms with Crippen LogP contribution in [0.4, 0.5) is 0 Å². The highest BCUT2D eigenvalue weighted by Crippen LogP contribution is 2.11. The van der Waals surface area contributed by atoms with Crippen molar-refractivity contribution in [3.8, 4) is 0 Å². The zero-order valence-corrected chi connectivity index (χ0v) is 11.2. The lowest BCUT2D eigenvalue weighted by Crippen LogP contribution is -2.43. The molecule has 0 radical (unpaired) electrons. The number of nitrogens with one attached hydrogen (secondary N) is 1. The Morgan fingerprint density at radius 3 is 2.47 bits per heavy atom. The molecule has 15 heavy (non-hydrogen) atoms. The highest BCUT2D eigenvalue weighted by Gasteiger charge is 2.20. The van der Waals surface area contributed by atoms with Gasteiger partial charge in [-0.3, -0.25) is 0 Å². The minimum Gasteiger partial charge on any atom is -0.388 e. The molecule has 2 unspecified atom stereocenters. The molecule has 0 rings (SSSR count). The molecule has 0 aromatic carbocycles. The van der Waals surface area contributed by atoms with Crippen LogP contribution in [0, 0.1) is 11.8 Å². The summed E-state index contributed by atoms with van der Waals surface area (Å²) in [6.45, 7) is 8.45. The Balaban J connectivity index is 3.76. The third-order valence-corrected chi connectivity index (χ3v) is 3.52. The maximum Gasteiger partial charge on any atom is 0.0833 e. The van der Waals surface area contributed by atoms with Crippen molar-refractivity contribution < 1.29 is 5.11 Å². The molecule has 0 spiro atoms. The van der Waals surface area contributed by atoms with Gasteiger partial charge in [-0.15, -0.1) is 0 Å². The summed E-state index contributed by atoms with van der Waals surface area (Å²) in [6.07, 6.45) is 2.01. The van der Waals surface area contributed by atoms with Crippen LogP contribution < -0.4 is 11.1 Å². The van der Waals surface area contributed by atoms with Crippen LogP contribution in [0.2, 0.25) is 0 Å². The van der Waals surface area contributed by atoms with E-state index in [1.165, 1.54) is 0 Å².